The summed E-state index contributed by atoms with van der Waals surface area (Å²) in [7, 11) is 1.62. The topological polar surface area (TPSA) is 76.4 Å². The molecular weight excluding hydrogens is 410 g/mol. The fourth-order valence-corrected chi connectivity index (χ4v) is 3.69. The van der Waals surface area contributed by atoms with E-state index in [9.17, 15) is 9.90 Å². The number of rotatable bonds is 8. The Labute approximate surface area is 178 Å². The number of nitrogens with zero attached hydrogens (tertiary/aromatic N) is 2. The molecule has 1 amide bonds. The summed E-state index contributed by atoms with van der Waals surface area (Å²) in [5, 5.41) is 13.7. The van der Waals surface area contributed by atoms with Crippen LogP contribution in [0.2, 0.25) is 5.02 Å². The van der Waals surface area contributed by atoms with Crippen LogP contribution in [0.4, 0.5) is 5.69 Å². The zero-order valence-corrected chi connectivity index (χ0v) is 17.8. The van der Waals surface area contributed by atoms with Crippen LogP contribution in [0, 0.1) is 6.92 Å². The van der Waals surface area contributed by atoms with Crippen molar-refractivity contribution in [1.82, 2.24) is 9.55 Å². The minimum absolute atomic E-state index is 0.127. The summed E-state index contributed by atoms with van der Waals surface area (Å²) in [6.07, 6.45) is 1.63. The fraction of sp³-hybridized carbons (Fsp3) is 0.238. The molecule has 6 nitrogen and oxygen atoms in total. The zero-order chi connectivity index (χ0) is 20.8. The number of amides is 1. The van der Waals surface area contributed by atoms with Crippen molar-refractivity contribution in [1.29, 1.82) is 0 Å². The van der Waals surface area contributed by atoms with Gasteiger partial charge < -0.3 is 19.7 Å². The number of hydrogen-bond acceptors (Lipinski definition) is 5. The van der Waals surface area contributed by atoms with E-state index in [0.29, 0.717) is 28.1 Å². The molecule has 0 aliphatic rings. The largest absolute Gasteiger partial charge is 0.497 e. The Morgan fingerprint density at radius 2 is 2.03 bits per heavy atom. The number of benzene rings is 2. The Morgan fingerprint density at radius 1 is 1.28 bits per heavy atom. The molecule has 152 valence electrons. The van der Waals surface area contributed by atoms with Crippen molar-refractivity contribution in [3.8, 4) is 5.75 Å². The van der Waals surface area contributed by atoms with E-state index >= 15 is 0 Å². The van der Waals surface area contributed by atoms with Gasteiger partial charge in [-0.2, -0.15) is 0 Å². The highest BCUT2D eigenvalue weighted by molar-refractivity contribution is 7.99. The van der Waals surface area contributed by atoms with Gasteiger partial charge in [0.25, 0.3) is 0 Å². The van der Waals surface area contributed by atoms with Crippen LogP contribution in [-0.4, -0.2) is 33.4 Å². The molecule has 0 unspecified atom stereocenters. The van der Waals surface area contributed by atoms with Crippen LogP contribution in [-0.2, 0) is 17.9 Å². The third kappa shape index (κ3) is 5.53. The number of imidazole rings is 1. The van der Waals surface area contributed by atoms with Gasteiger partial charge in [0, 0.05) is 17.3 Å². The molecule has 0 aliphatic heterocycles. The average molecular weight is 432 g/mol. The molecule has 0 saturated heterocycles. The van der Waals surface area contributed by atoms with Gasteiger partial charge in [-0.25, -0.2) is 4.98 Å². The van der Waals surface area contributed by atoms with E-state index in [1.165, 1.54) is 11.8 Å². The van der Waals surface area contributed by atoms with Crippen LogP contribution in [0.25, 0.3) is 0 Å². The van der Waals surface area contributed by atoms with E-state index in [2.05, 4.69) is 10.3 Å². The van der Waals surface area contributed by atoms with E-state index in [1.54, 1.807) is 19.4 Å². The highest BCUT2D eigenvalue weighted by atomic mass is 35.5. The Bertz CT molecular complexity index is 989. The fourth-order valence-electron chi connectivity index (χ4n) is 2.71. The third-order valence-corrected chi connectivity index (χ3v) is 5.75. The molecule has 3 rings (SSSR count). The van der Waals surface area contributed by atoms with Crippen LogP contribution < -0.4 is 10.1 Å². The molecule has 29 heavy (non-hydrogen) atoms. The molecule has 1 heterocycles. The second-order valence-electron chi connectivity index (χ2n) is 6.43. The SMILES string of the molecule is COc1ccc(Cn2c(CO)cnc2SCC(=O)Nc2ccc(C)c(Cl)c2)cc1. The maximum Gasteiger partial charge on any atom is 0.234 e. The first-order chi connectivity index (χ1) is 14.0. The summed E-state index contributed by atoms with van der Waals surface area (Å²) in [5.74, 6) is 0.819. The Kier molecular flexibility index (Phi) is 7.19. The maximum absolute atomic E-state index is 12.3. The molecular formula is C21H22ClN3O3S. The number of halogens is 1. The minimum atomic E-state index is -0.153. The van der Waals surface area contributed by atoms with Crippen LogP contribution in [0.15, 0.2) is 53.8 Å². The van der Waals surface area contributed by atoms with Crippen molar-refractivity contribution in [3.63, 3.8) is 0 Å². The van der Waals surface area contributed by atoms with Crippen LogP contribution in [0.3, 0.4) is 0 Å². The maximum atomic E-state index is 12.3. The van der Waals surface area contributed by atoms with Gasteiger partial charge in [0.05, 0.1) is 31.4 Å². The first-order valence-corrected chi connectivity index (χ1v) is 10.3. The van der Waals surface area contributed by atoms with E-state index in [0.717, 1.165) is 16.9 Å². The number of anilines is 1. The number of hydrogen-bond donors (Lipinski definition) is 2. The van der Waals surface area contributed by atoms with Crippen molar-refractivity contribution in [2.75, 3.05) is 18.2 Å². The molecule has 1 aromatic heterocycles. The molecule has 0 spiro atoms. The minimum Gasteiger partial charge on any atom is -0.497 e. The Hall–Kier alpha value is -2.48. The summed E-state index contributed by atoms with van der Waals surface area (Å²) < 4.78 is 7.09. The number of thioether (sulfide) groups is 1. The lowest BCUT2D eigenvalue weighted by atomic mass is 10.2. The van der Waals surface area contributed by atoms with Gasteiger partial charge in [0.1, 0.15) is 5.75 Å². The van der Waals surface area contributed by atoms with Crippen molar-refractivity contribution in [3.05, 3.63) is 70.5 Å². The summed E-state index contributed by atoms with van der Waals surface area (Å²) >= 11 is 7.42. The molecule has 0 saturated carbocycles. The van der Waals surface area contributed by atoms with Crippen molar-refractivity contribution < 1.29 is 14.6 Å². The molecule has 2 N–H and O–H groups in total. The van der Waals surface area contributed by atoms with Gasteiger partial charge in [-0.15, -0.1) is 0 Å². The van der Waals surface area contributed by atoms with Crippen LogP contribution >= 0.6 is 23.4 Å². The smallest absolute Gasteiger partial charge is 0.234 e. The number of aliphatic hydroxyl groups excluding tert-OH is 1. The summed E-state index contributed by atoms with van der Waals surface area (Å²) in [5.41, 5.74) is 3.34. The summed E-state index contributed by atoms with van der Waals surface area (Å²) in [6, 6.07) is 13.1. The number of nitrogens with one attached hydrogen (secondary N) is 1. The van der Waals surface area contributed by atoms with Gasteiger partial charge in [-0.1, -0.05) is 41.6 Å². The van der Waals surface area contributed by atoms with E-state index in [-0.39, 0.29) is 18.3 Å². The number of carbonyl (C=O) groups is 1. The normalized spacial score (nSPS) is 10.8. The number of ether oxygens (including phenoxy) is 1. The Balaban J connectivity index is 1.66. The molecule has 8 heteroatoms. The number of carbonyl (C=O) groups excluding carboxylic acids is 1. The molecule has 3 aromatic rings. The second kappa shape index (κ2) is 9.82. The predicted molar refractivity (Wildman–Crippen MR) is 116 cm³/mol. The zero-order valence-electron chi connectivity index (χ0n) is 16.2. The standard InChI is InChI=1S/C21H22ClN3O3S/c1-14-3-6-16(9-19(14)22)24-20(27)13-29-21-23-10-17(12-26)25(21)11-15-4-7-18(28-2)8-5-15/h3-10,26H,11-13H2,1-2H3,(H,24,27). The summed E-state index contributed by atoms with van der Waals surface area (Å²) in [4.78, 5) is 16.7. The monoisotopic (exact) mass is 431 g/mol. The lowest BCUT2D eigenvalue weighted by Crippen LogP contribution is -2.15. The van der Waals surface area contributed by atoms with Gasteiger partial charge >= 0.3 is 0 Å². The molecule has 0 bridgehead atoms. The lowest BCUT2D eigenvalue weighted by molar-refractivity contribution is -0.113. The first-order valence-electron chi connectivity index (χ1n) is 8.97. The van der Waals surface area contributed by atoms with Crippen molar-refractivity contribution in [2.24, 2.45) is 0 Å². The lowest BCUT2D eigenvalue weighted by Gasteiger charge is -2.12. The van der Waals surface area contributed by atoms with Crippen LogP contribution in [0.5, 0.6) is 5.75 Å². The van der Waals surface area contributed by atoms with Gasteiger partial charge in [0.15, 0.2) is 5.16 Å². The highest BCUT2D eigenvalue weighted by Crippen LogP contribution is 2.23. The third-order valence-electron chi connectivity index (χ3n) is 4.35. The van der Waals surface area contributed by atoms with Gasteiger partial charge in [0.2, 0.25) is 5.91 Å². The molecule has 0 radical (unpaired) electrons. The molecule has 2 aromatic carbocycles. The van der Waals surface area contributed by atoms with E-state index in [1.807, 2.05) is 47.9 Å². The van der Waals surface area contributed by atoms with Crippen LogP contribution in [0.1, 0.15) is 16.8 Å². The van der Waals surface area contributed by atoms with Crippen molar-refractivity contribution in [2.45, 2.75) is 25.2 Å². The van der Waals surface area contributed by atoms with Gasteiger partial charge in [-0.05, 0) is 42.3 Å². The van der Waals surface area contributed by atoms with Gasteiger partial charge in [-0.3, -0.25) is 4.79 Å². The number of aromatic nitrogens is 2. The average Bonchev–Trinajstić information content (AvgIpc) is 3.11. The highest BCUT2D eigenvalue weighted by Gasteiger charge is 2.13. The summed E-state index contributed by atoms with van der Waals surface area (Å²) in [6.45, 7) is 2.32. The predicted octanol–water partition coefficient (Wildman–Crippen LogP) is 4.12. The van der Waals surface area contributed by atoms with E-state index < -0.39 is 0 Å². The van der Waals surface area contributed by atoms with Crippen molar-refractivity contribution >= 4 is 35.0 Å². The van der Waals surface area contributed by atoms with E-state index in [4.69, 9.17) is 16.3 Å². The quantitative estimate of drug-likeness (QED) is 0.524. The number of aliphatic hydroxyl groups is 1. The second-order valence-corrected chi connectivity index (χ2v) is 7.77. The number of aryl methyl sites for hydroxylation is 1. The molecule has 0 atom stereocenters. The number of methoxy groups -OCH3 is 1. The molecule has 0 fully saturated rings. The molecule has 0 aliphatic carbocycles. The Morgan fingerprint density at radius 3 is 2.69 bits per heavy atom. The first kappa shape index (κ1) is 21.2.